The number of rotatable bonds is 5. The fraction of sp³-hybridized carbons (Fsp3) is 0.188. The smallest absolute Gasteiger partial charge is 0.247 e. The van der Waals surface area contributed by atoms with Crippen LogP contribution in [0.4, 0.5) is 10.2 Å². The first kappa shape index (κ1) is 17.4. The van der Waals surface area contributed by atoms with Crippen molar-refractivity contribution in [3.63, 3.8) is 0 Å². The van der Waals surface area contributed by atoms with E-state index in [1.54, 1.807) is 25.3 Å². The number of hydrogen-bond donors (Lipinski definition) is 1. The summed E-state index contributed by atoms with van der Waals surface area (Å²) < 4.78 is 16.2. The fourth-order valence-corrected chi connectivity index (χ4v) is 2.61. The molecule has 3 aromatic rings. The zero-order valence-electron chi connectivity index (χ0n) is 13.2. The average Bonchev–Trinajstić information content (AvgIpc) is 3.04. The molecular formula is C16H14Cl2FN5O. The average molecular weight is 382 g/mol. The molecule has 0 aliphatic carbocycles. The van der Waals surface area contributed by atoms with Gasteiger partial charge in [-0.05, 0) is 24.6 Å². The van der Waals surface area contributed by atoms with Crippen LogP contribution in [-0.4, -0.2) is 25.5 Å². The Morgan fingerprint density at radius 1 is 1.32 bits per heavy atom. The molecule has 0 aliphatic rings. The van der Waals surface area contributed by atoms with E-state index in [-0.39, 0.29) is 24.1 Å². The van der Waals surface area contributed by atoms with E-state index in [9.17, 15) is 9.18 Å². The number of nitrogens with one attached hydrogen (secondary N) is 1. The van der Waals surface area contributed by atoms with Gasteiger partial charge in [-0.1, -0.05) is 35.3 Å². The lowest BCUT2D eigenvalue weighted by atomic mass is 10.2. The molecule has 130 valence electrons. The van der Waals surface area contributed by atoms with Gasteiger partial charge in [0.25, 0.3) is 0 Å². The molecule has 3 rings (SSSR count). The Bertz CT molecular complexity index is 921. The monoisotopic (exact) mass is 381 g/mol. The Morgan fingerprint density at radius 2 is 2.12 bits per heavy atom. The molecule has 0 saturated heterocycles. The lowest BCUT2D eigenvalue weighted by molar-refractivity contribution is -0.117. The van der Waals surface area contributed by atoms with Gasteiger partial charge in [0, 0.05) is 6.20 Å². The molecule has 1 amide bonds. The first-order valence-corrected chi connectivity index (χ1v) is 8.13. The standard InChI is InChI=1S/C16H14Cl2FN5O/c1-10-13(17)6-20-24(10)9-15(25)21-16-14(18)8-23(22-16)7-11-3-2-4-12(19)5-11/h2-6,8H,7,9H2,1H3,(H,21,22,25). The molecule has 2 aromatic heterocycles. The van der Waals surface area contributed by atoms with Crippen molar-refractivity contribution in [2.45, 2.75) is 20.0 Å². The highest BCUT2D eigenvalue weighted by Crippen LogP contribution is 2.20. The molecule has 25 heavy (non-hydrogen) atoms. The molecule has 6 nitrogen and oxygen atoms in total. The van der Waals surface area contributed by atoms with Crippen LogP contribution in [0, 0.1) is 12.7 Å². The predicted octanol–water partition coefficient (Wildman–Crippen LogP) is 3.52. The number of carbonyl (C=O) groups excluding carboxylic acids is 1. The lowest BCUT2D eigenvalue weighted by Crippen LogP contribution is -2.20. The van der Waals surface area contributed by atoms with E-state index >= 15 is 0 Å². The van der Waals surface area contributed by atoms with Crippen LogP contribution in [0.1, 0.15) is 11.3 Å². The van der Waals surface area contributed by atoms with Crippen LogP contribution in [0.2, 0.25) is 10.0 Å². The van der Waals surface area contributed by atoms with Gasteiger partial charge in [-0.3, -0.25) is 14.2 Å². The van der Waals surface area contributed by atoms with E-state index in [4.69, 9.17) is 23.2 Å². The van der Waals surface area contributed by atoms with Crippen molar-refractivity contribution < 1.29 is 9.18 Å². The topological polar surface area (TPSA) is 64.7 Å². The minimum atomic E-state index is -0.333. The van der Waals surface area contributed by atoms with Crippen LogP contribution in [0.3, 0.4) is 0 Å². The van der Waals surface area contributed by atoms with Gasteiger partial charge >= 0.3 is 0 Å². The van der Waals surface area contributed by atoms with Gasteiger partial charge in [0.05, 0.1) is 23.5 Å². The first-order valence-electron chi connectivity index (χ1n) is 7.37. The molecule has 2 heterocycles. The zero-order valence-corrected chi connectivity index (χ0v) is 14.7. The normalized spacial score (nSPS) is 10.9. The SMILES string of the molecule is Cc1c(Cl)cnn1CC(=O)Nc1nn(Cc2cccc(F)c2)cc1Cl. The summed E-state index contributed by atoms with van der Waals surface area (Å²) in [5, 5.41) is 11.7. The third-order valence-corrected chi connectivity index (χ3v) is 4.19. The molecular weight excluding hydrogens is 368 g/mol. The van der Waals surface area contributed by atoms with E-state index in [0.717, 1.165) is 5.56 Å². The molecule has 0 atom stereocenters. The van der Waals surface area contributed by atoms with Crippen molar-refractivity contribution in [1.29, 1.82) is 0 Å². The van der Waals surface area contributed by atoms with Crippen molar-refractivity contribution in [2.75, 3.05) is 5.32 Å². The molecule has 1 N–H and O–H groups in total. The Balaban J connectivity index is 1.68. The second-order valence-electron chi connectivity index (χ2n) is 5.44. The van der Waals surface area contributed by atoms with Crippen LogP contribution < -0.4 is 5.32 Å². The fourth-order valence-electron chi connectivity index (χ4n) is 2.28. The number of benzene rings is 1. The number of carbonyl (C=O) groups is 1. The maximum atomic E-state index is 13.2. The first-order chi connectivity index (χ1) is 11.9. The molecule has 0 fully saturated rings. The quantitative estimate of drug-likeness (QED) is 0.735. The Hall–Kier alpha value is -2.38. The van der Waals surface area contributed by atoms with E-state index in [2.05, 4.69) is 15.5 Å². The minimum Gasteiger partial charge on any atom is -0.306 e. The second-order valence-corrected chi connectivity index (χ2v) is 6.25. The molecule has 0 spiro atoms. The number of anilines is 1. The molecule has 0 bridgehead atoms. The van der Waals surface area contributed by atoms with Crippen LogP contribution in [0.5, 0.6) is 0 Å². The number of aromatic nitrogens is 4. The molecule has 0 saturated carbocycles. The summed E-state index contributed by atoms with van der Waals surface area (Å²) in [6.07, 6.45) is 3.04. The maximum absolute atomic E-state index is 13.2. The van der Waals surface area contributed by atoms with Crippen molar-refractivity contribution in [2.24, 2.45) is 0 Å². The summed E-state index contributed by atoms with van der Waals surface area (Å²) in [5.74, 6) is -0.419. The zero-order chi connectivity index (χ0) is 18.0. The predicted molar refractivity (Wildman–Crippen MR) is 93.3 cm³/mol. The number of nitrogens with zero attached hydrogens (tertiary/aromatic N) is 4. The summed E-state index contributed by atoms with van der Waals surface area (Å²) >= 11 is 12.0. The van der Waals surface area contributed by atoms with E-state index in [0.29, 0.717) is 22.3 Å². The maximum Gasteiger partial charge on any atom is 0.247 e. The number of halogens is 3. The van der Waals surface area contributed by atoms with Crippen LogP contribution >= 0.6 is 23.2 Å². The minimum absolute atomic E-state index is 0.00829. The summed E-state index contributed by atoms with van der Waals surface area (Å²) in [4.78, 5) is 12.1. The number of amides is 1. The summed E-state index contributed by atoms with van der Waals surface area (Å²) in [5.41, 5.74) is 1.43. The lowest BCUT2D eigenvalue weighted by Gasteiger charge is -2.05. The van der Waals surface area contributed by atoms with E-state index < -0.39 is 0 Å². The van der Waals surface area contributed by atoms with Gasteiger partial charge in [0.1, 0.15) is 17.4 Å². The van der Waals surface area contributed by atoms with Crippen molar-refractivity contribution in [3.8, 4) is 0 Å². The van der Waals surface area contributed by atoms with Gasteiger partial charge in [-0.2, -0.15) is 10.2 Å². The molecule has 0 aliphatic heterocycles. The van der Waals surface area contributed by atoms with Gasteiger partial charge in [0.15, 0.2) is 5.82 Å². The van der Waals surface area contributed by atoms with Crippen molar-refractivity contribution >= 4 is 34.9 Å². The molecule has 0 unspecified atom stereocenters. The van der Waals surface area contributed by atoms with Crippen LogP contribution in [-0.2, 0) is 17.9 Å². The highest BCUT2D eigenvalue weighted by molar-refractivity contribution is 6.33. The molecule has 9 heteroatoms. The summed E-state index contributed by atoms with van der Waals surface area (Å²) in [6, 6.07) is 6.18. The summed E-state index contributed by atoms with van der Waals surface area (Å²) in [7, 11) is 0. The van der Waals surface area contributed by atoms with Crippen molar-refractivity contribution in [3.05, 3.63) is 63.8 Å². The molecule has 1 aromatic carbocycles. The van der Waals surface area contributed by atoms with Gasteiger partial charge in [-0.25, -0.2) is 4.39 Å². The van der Waals surface area contributed by atoms with Crippen LogP contribution in [0.15, 0.2) is 36.7 Å². The number of hydrogen-bond acceptors (Lipinski definition) is 3. The Labute approximate surface area is 153 Å². The largest absolute Gasteiger partial charge is 0.306 e. The Morgan fingerprint density at radius 3 is 2.80 bits per heavy atom. The van der Waals surface area contributed by atoms with Gasteiger partial charge in [0.2, 0.25) is 5.91 Å². The van der Waals surface area contributed by atoms with Gasteiger partial charge in [-0.15, -0.1) is 0 Å². The van der Waals surface area contributed by atoms with Crippen LogP contribution in [0.25, 0.3) is 0 Å². The van der Waals surface area contributed by atoms with E-state index in [1.165, 1.54) is 27.7 Å². The summed E-state index contributed by atoms with van der Waals surface area (Å²) in [6.45, 7) is 2.09. The third kappa shape index (κ3) is 4.18. The molecule has 0 radical (unpaired) electrons. The van der Waals surface area contributed by atoms with Gasteiger partial charge < -0.3 is 5.32 Å². The highest BCUT2D eigenvalue weighted by atomic mass is 35.5. The van der Waals surface area contributed by atoms with E-state index in [1.807, 2.05) is 0 Å². The van der Waals surface area contributed by atoms with Crippen molar-refractivity contribution in [1.82, 2.24) is 19.6 Å². The Kier molecular flexibility index (Phi) is 5.06. The highest BCUT2D eigenvalue weighted by Gasteiger charge is 2.13. The third-order valence-electron chi connectivity index (χ3n) is 3.55. The second kappa shape index (κ2) is 7.25.